The van der Waals surface area contributed by atoms with E-state index >= 15 is 0 Å². The lowest BCUT2D eigenvalue weighted by Gasteiger charge is -2.23. The van der Waals surface area contributed by atoms with E-state index in [0.29, 0.717) is 18.3 Å². The summed E-state index contributed by atoms with van der Waals surface area (Å²) in [7, 11) is 0. The topological polar surface area (TPSA) is 63.1 Å². The monoisotopic (exact) mass is 319 g/mol. The van der Waals surface area contributed by atoms with Crippen LogP contribution in [0.25, 0.3) is 0 Å². The smallest absolute Gasteiger partial charge is 0.272 e. The molecular weight excluding hydrogens is 298 g/mol. The highest BCUT2D eigenvalue weighted by atomic mass is 32.1. The number of hydrogen-bond acceptors (Lipinski definition) is 5. The average Bonchev–Trinajstić information content (AvgIpc) is 3.10. The van der Waals surface area contributed by atoms with Gasteiger partial charge in [0.25, 0.3) is 5.91 Å². The molecule has 0 unspecified atom stereocenters. The highest BCUT2D eigenvalue weighted by Crippen LogP contribution is 2.16. The van der Waals surface area contributed by atoms with Crippen LogP contribution in [-0.4, -0.2) is 38.2 Å². The number of fused-ring (bicyclic) bond motifs is 1. The molecule has 118 valence electrons. The van der Waals surface area contributed by atoms with E-state index in [1.54, 1.807) is 6.20 Å². The first-order valence-electron chi connectivity index (χ1n) is 7.61. The van der Waals surface area contributed by atoms with Gasteiger partial charge < -0.3 is 5.32 Å². The van der Waals surface area contributed by atoms with Crippen LogP contribution >= 0.6 is 11.3 Å². The molecule has 1 aliphatic heterocycles. The fourth-order valence-electron chi connectivity index (χ4n) is 2.63. The molecular formula is C15H21N5OS. The van der Waals surface area contributed by atoms with Crippen LogP contribution in [0.1, 0.15) is 41.5 Å². The molecule has 6 nitrogen and oxygen atoms in total. The van der Waals surface area contributed by atoms with E-state index in [9.17, 15) is 4.79 Å². The van der Waals surface area contributed by atoms with Gasteiger partial charge in [-0.15, -0.1) is 11.3 Å². The second kappa shape index (κ2) is 6.58. The van der Waals surface area contributed by atoms with Crippen molar-refractivity contribution in [1.29, 1.82) is 0 Å². The number of nitrogens with one attached hydrogen (secondary N) is 1. The number of amides is 1. The van der Waals surface area contributed by atoms with E-state index in [1.165, 1.54) is 11.3 Å². The summed E-state index contributed by atoms with van der Waals surface area (Å²) in [6.07, 6.45) is 2.80. The Bertz CT molecular complexity index is 634. The summed E-state index contributed by atoms with van der Waals surface area (Å²) in [4.78, 5) is 18.8. The molecule has 0 aliphatic carbocycles. The first kappa shape index (κ1) is 15.2. The molecule has 0 saturated heterocycles. The number of aryl methyl sites for hydroxylation is 1. The van der Waals surface area contributed by atoms with Crippen LogP contribution in [0.5, 0.6) is 0 Å². The molecule has 0 radical (unpaired) electrons. The quantitative estimate of drug-likeness (QED) is 0.935. The van der Waals surface area contributed by atoms with E-state index in [-0.39, 0.29) is 5.91 Å². The van der Waals surface area contributed by atoms with Crippen molar-refractivity contribution in [3.63, 3.8) is 0 Å². The molecule has 2 aromatic rings. The molecule has 1 aliphatic rings. The Kier molecular flexibility index (Phi) is 4.54. The Balaban J connectivity index is 1.68. The van der Waals surface area contributed by atoms with Crippen LogP contribution in [0.3, 0.4) is 0 Å². The number of hydrogen-bond donors (Lipinski definition) is 1. The molecule has 3 heterocycles. The maximum atomic E-state index is 12.2. The second-order valence-corrected chi connectivity index (χ2v) is 6.75. The van der Waals surface area contributed by atoms with Crippen LogP contribution in [0.2, 0.25) is 0 Å². The van der Waals surface area contributed by atoms with E-state index in [2.05, 4.69) is 34.1 Å². The molecule has 1 amide bonds. The molecule has 0 bridgehead atoms. The van der Waals surface area contributed by atoms with Crippen molar-refractivity contribution < 1.29 is 4.79 Å². The van der Waals surface area contributed by atoms with Gasteiger partial charge in [0.15, 0.2) is 5.69 Å². The molecule has 0 aromatic carbocycles. The maximum absolute atomic E-state index is 12.2. The van der Waals surface area contributed by atoms with Crippen molar-refractivity contribution in [3.05, 3.63) is 34.0 Å². The molecule has 0 spiro atoms. The van der Waals surface area contributed by atoms with Crippen LogP contribution in [0.15, 0.2) is 17.6 Å². The van der Waals surface area contributed by atoms with Crippen molar-refractivity contribution in [2.75, 3.05) is 6.54 Å². The molecule has 22 heavy (non-hydrogen) atoms. The minimum atomic E-state index is -0.133. The average molecular weight is 319 g/mol. The van der Waals surface area contributed by atoms with Crippen molar-refractivity contribution in [2.45, 2.75) is 45.9 Å². The van der Waals surface area contributed by atoms with Gasteiger partial charge in [-0.3, -0.25) is 14.4 Å². The molecule has 7 heteroatoms. The van der Waals surface area contributed by atoms with Gasteiger partial charge in [0.1, 0.15) is 5.01 Å². The summed E-state index contributed by atoms with van der Waals surface area (Å²) in [6, 6.07) is 2.42. The maximum Gasteiger partial charge on any atom is 0.272 e. The lowest BCUT2D eigenvalue weighted by molar-refractivity contribution is 0.0945. The largest absolute Gasteiger partial charge is 0.344 e. The van der Waals surface area contributed by atoms with Crippen molar-refractivity contribution in [2.24, 2.45) is 0 Å². The normalized spacial score (nSPS) is 15.6. The molecule has 0 atom stereocenters. The highest BCUT2D eigenvalue weighted by Gasteiger charge is 2.20. The van der Waals surface area contributed by atoms with Gasteiger partial charge in [0.05, 0.1) is 12.2 Å². The summed E-state index contributed by atoms with van der Waals surface area (Å²) in [5, 5.41) is 10.2. The van der Waals surface area contributed by atoms with Gasteiger partial charge in [-0.2, -0.15) is 5.10 Å². The Morgan fingerprint density at radius 2 is 2.32 bits per heavy atom. The van der Waals surface area contributed by atoms with Crippen LogP contribution in [-0.2, 0) is 19.6 Å². The fraction of sp³-hybridized carbons (Fsp3) is 0.533. The summed E-state index contributed by atoms with van der Waals surface area (Å²) in [5.41, 5.74) is 1.61. The van der Waals surface area contributed by atoms with E-state index < -0.39 is 0 Å². The zero-order valence-corrected chi connectivity index (χ0v) is 13.8. The third kappa shape index (κ3) is 3.36. The van der Waals surface area contributed by atoms with Crippen molar-refractivity contribution in [3.8, 4) is 0 Å². The minimum absolute atomic E-state index is 0.133. The summed E-state index contributed by atoms with van der Waals surface area (Å²) in [6.45, 7) is 7.66. The van der Waals surface area contributed by atoms with Crippen LogP contribution in [0.4, 0.5) is 0 Å². The van der Waals surface area contributed by atoms with E-state index in [0.717, 1.165) is 36.8 Å². The van der Waals surface area contributed by atoms with Crippen LogP contribution < -0.4 is 5.32 Å². The van der Waals surface area contributed by atoms with Crippen molar-refractivity contribution >= 4 is 17.2 Å². The molecule has 2 aromatic heterocycles. The standard InChI is InChI=1S/C15H21N5OS/c1-11(2)19-5-3-6-20-12(10-19)8-13(18-20)15(21)17-9-14-16-4-7-22-14/h4,7-8,11H,3,5-6,9-10H2,1-2H3,(H,17,21). The lowest BCUT2D eigenvalue weighted by atomic mass is 10.2. The Morgan fingerprint density at radius 1 is 1.45 bits per heavy atom. The predicted molar refractivity (Wildman–Crippen MR) is 85.7 cm³/mol. The molecule has 0 saturated carbocycles. The van der Waals surface area contributed by atoms with Crippen LogP contribution in [0, 0.1) is 0 Å². The summed E-state index contributed by atoms with van der Waals surface area (Å²) in [5.74, 6) is -0.133. The van der Waals surface area contributed by atoms with Crippen molar-refractivity contribution in [1.82, 2.24) is 25.0 Å². The molecule has 3 rings (SSSR count). The Hall–Kier alpha value is -1.73. The minimum Gasteiger partial charge on any atom is -0.344 e. The van der Waals surface area contributed by atoms with Gasteiger partial charge in [-0.25, -0.2) is 4.98 Å². The number of carbonyl (C=O) groups is 1. The Morgan fingerprint density at radius 3 is 3.05 bits per heavy atom. The number of nitrogens with zero attached hydrogens (tertiary/aromatic N) is 4. The van der Waals surface area contributed by atoms with Gasteiger partial charge in [0.2, 0.25) is 0 Å². The molecule has 0 fully saturated rings. The zero-order valence-electron chi connectivity index (χ0n) is 13.0. The summed E-state index contributed by atoms with van der Waals surface area (Å²) < 4.78 is 1.97. The number of thiazole rings is 1. The molecule has 1 N–H and O–H groups in total. The Labute approximate surface area is 134 Å². The first-order valence-corrected chi connectivity index (χ1v) is 8.49. The number of carbonyl (C=O) groups excluding carboxylic acids is 1. The lowest BCUT2D eigenvalue weighted by Crippen LogP contribution is -2.30. The third-order valence-corrected chi connectivity index (χ3v) is 4.67. The second-order valence-electron chi connectivity index (χ2n) is 5.77. The van der Waals surface area contributed by atoms with Gasteiger partial charge in [-0.05, 0) is 26.3 Å². The van der Waals surface area contributed by atoms with Gasteiger partial charge in [-0.1, -0.05) is 0 Å². The van der Waals surface area contributed by atoms with E-state index in [4.69, 9.17) is 0 Å². The first-order chi connectivity index (χ1) is 10.6. The number of aromatic nitrogens is 3. The predicted octanol–water partition coefficient (Wildman–Crippen LogP) is 1.88. The fourth-order valence-corrected chi connectivity index (χ4v) is 3.18. The highest BCUT2D eigenvalue weighted by molar-refractivity contribution is 7.09. The third-order valence-electron chi connectivity index (χ3n) is 3.89. The van der Waals surface area contributed by atoms with Gasteiger partial charge >= 0.3 is 0 Å². The van der Waals surface area contributed by atoms with E-state index in [1.807, 2.05) is 16.1 Å². The number of rotatable bonds is 4. The van der Waals surface area contributed by atoms with Gasteiger partial charge in [0, 0.05) is 37.3 Å². The zero-order chi connectivity index (χ0) is 15.5. The summed E-state index contributed by atoms with van der Waals surface area (Å²) >= 11 is 1.54. The SMILES string of the molecule is CC(C)N1CCCn2nc(C(=O)NCc3nccs3)cc2C1.